The Balaban J connectivity index is 1.24. The van der Waals surface area contributed by atoms with Gasteiger partial charge in [0, 0.05) is 19.0 Å². The number of alkyl carbamates (subject to hydrolysis) is 1. The summed E-state index contributed by atoms with van der Waals surface area (Å²) in [5.41, 5.74) is 2.81. The van der Waals surface area contributed by atoms with E-state index in [0.29, 0.717) is 0 Å². The molecule has 2 atom stereocenters. The highest BCUT2D eigenvalue weighted by atomic mass is 19.4. The molecule has 0 bridgehead atoms. The summed E-state index contributed by atoms with van der Waals surface area (Å²) in [6.45, 7) is -1.26. The summed E-state index contributed by atoms with van der Waals surface area (Å²) in [4.78, 5) is 37.8. The number of carboxylic acids is 1. The van der Waals surface area contributed by atoms with Gasteiger partial charge in [0.15, 0.2) is 0 Å². The Morgan fingerprint density at radius 2 is 1.57 bits per heavy atom. The minimum Gasteiger partial charge on any atom is -0.481 e. The normalized spacial score (nSPS) is 22.3. The summed E-state index contributed by atoms with van der Waals surface area (Å²) in [5.74, 6) is -6.36. The fraction of sp³-hybridized carbons (Fsp3) is 0.400. The SMILES string of the molecule is O=C(NC1(C(=O)N2C[C@@H](C(F)(F)F)[C@H](C(=O)O)C2)CC1)OCC1c2ccccc2-c2ccccc21. The average molecular weight is 488 g/mol. The molecule has 7 nitrogen and oxygen atoms in total. The van der Waals surface area contributed by atoms with Gasteiger partial charge in [0.05, 0.1) is 11.8 Å². The van der Waals surface area contributed by atoms with Crippen LogP contribution in [0.3, 0.4) is 0 Å². The number of carbonyl (C=O) groups excluding carboxylic acids is 2. The highest BCUT2D eigenvalue weighted by Gasteiger charge is 2.59. The molecule has 1 saturated carbocycles. The van der Waals surface area contributed by atoms with Crippen LogP contribution in [0.1, 0.15) is 29.9 Å². The van der Waals surface area contributed by atoms with Gasteiger partial charge in [-0.1, -0.05) is 48.5 Å². The lowest BCUT2D eigenvalue weighted by Gasteiger charge is -2.24. The summed E-state index contributed by atoms with van der Waals surface area (Å²) < 4.78 is 45.4. The lowest BCUT2D eigenvalue weighted by atomic mass is 9.96. The van der Waals surface area contributed by atoms with Gasteiger partial charge in [0.25, 0.3) is 0 Å². The fourth-order valence-electron chi connectivity index (χ4n) is 5.20. The predicted molar refractivity (Wildman–Crippen MR) is 117 cm³/mol. The Hall–Kier alpha value is -3.56. The molecule has 0 radical (unpaired) electrons. The largest absolute Gasteiger partial charge is 0.481 e. The summed E-state index contributed by atoms with van der Waals surface area (Å²) in [5, 5.41) is 11.7. The molecule has 1 aliphatic heterocycles. The third kappa shape index (κ3) is 4.11. The minimum atomic E-state index is -4.74. The summed E-state index contributed by atoms with van der Waals surface area (Å²) in [6, 6.07) is 15.6. The first kappa shape index (κ1) is 23.2. The van der Waals surface area contributed by atoms with Gasteiger partial charge in [-0.2, -0.15) is 13.2 Å². The van der Waals surface area contributed by atoms with E-state index in [9.17, 15) is 32.7 Å². The number of aliphatic carboxylic acids is 1. The molecule has 3 aliphatic rings. The van der Waals surface area contributed by atoms with Crippen LogP contribution in [-0.2, 0) is 14.3 Å². The molecule has 1 heterocycles. The van der Waals surface area contributed by atoms with E-state index in [1.54, 1.807) is 0 Å². The highest BCUT2D eigenvalue weighted by Crippen LogP contribution is 2.45. The molecule has 2 fully saturated rings. The second-order valence-corrected chi connectivity index (χ2v) is 9.34. The first-order valence-electron chi connectivity index (χ1n) is 11.3. The van der Waals surface area contributed by atoms with Crippen molar-refractivity contribution in [2.45, 2.75) is 30.5 Å². The molecule has 0 aromatic heterocycles. The third-order valence-electron chi connectivity index (χ3n) is 7.19. The molecule has 0 spiro atoms. The second kappa shape index (κ2) is 8.28. The van der Waals surface area contributed by atoms with E-state index in [2.05, 4.69) is 5.32 Å². The number of rotatable bonds is 5. The van der Waals surface area contributed by atoms with Crippen LogP contribution in [0.4, 0.5) is 18.0 Å². The number of hydrogen-bond acceptors (Lipinski definition) is 4. The Kier molecular flexibility index (Phi) is 5.49. The monoisotopic (exact) mass is 488 g/mol. The first-order chi connectivity index (χ1) is 16.6. The van der Waals surface area contributed by atoms with Crippen LogP contribution >= 0.6 is 0 Å². The number of nitrogens with zero attached hydrogens (tertiary/aromatic N) is 1. The molecular formula is C25H23F3N2O5. The van der Waals surface area contributed by atoms with Crippen LogP contribution in [0, 0.1) is 11.8 Å². The highest BCUT2D eigenvalue weighted by molar-refractivity contribution is 5.93. The van der Waals surface area contributed by atoms with Crippen molar-refractivity contribution in [3.63, 3.8) is 0 Å². The zero-order valence-electron chi connectivity index (χ0n) is 18.5. The molecule has 2 N–H and O–H groups in total. The van der Waals surface area contributed by atoms with Crippen molar-refractivity contribution < 1.29 is 37.4 Å². The maximum absolute atomic E-state index is 13.3. The molecule has 2 aromatic rings. The van der Waals surface area contributed by atoms with E-state index in [1.165, 1.54) is 0 Å². The van der Waals surface area contributed by atoms with Crippen molar-refractivity contribution in [3.05, 3.63) is 59.7 Å². The number of halogens is 3. The van der Waals surface area contributed by atoms with Gasteiger partial charge in [-0.3, -0.25) is 9.59 Å². The standard InChI is InChI=1S/C25H23F3N2O5/c26-25(27,28)20-12-30(11-18(20)21(31)32)22(33)24(9-10-24)29-23(34)35-13-19-16-7-3-1-5-14(16)15-6-2-4-8-17(15)19/h1-8,18-20H,9-13H2,(H,29,34)(H,31,32)/t18-,20-/m1/s1. The van der Waals surface area contributed by atoms with Crippen molar-refractivity contribution in [2.75, 3.05) is 19.7 Å². The number of benzene rings is 2. The van der Waals surface area contributed by atoms with Gasteiger partial charge < -0.3 is 20.1 Å². The van der Waals surface area contributed by atoms with Crippen LogP contribution in [0.15, 0.2) is 48.5 Å². The van der Waals surface area contributed by atoms with Crippen LogP contribution < -0.4 is 5.32 Å². The molecule has 35 heavy (non-hydrogen) atoms. The number of carboxylic acid groups (broad SMARTS) is 1. The summed E-state index contributed by atoms with van der Waals surface area (Å²) in [6.07, 6.45) is -5.07. The number of hydrogen-bond donors (Lipinski definition) is 2. The van der Waals surface area contributed by atoms with E-state index in [0.717, 1.165) is 27.2 Å². The number of fused-ring (bicyclic) bond motifs is 3. The number of alkyl halides is 3. The van der Waals surface area contributed by atoms with E-state index < -0.39 is 54.6 Å². The molecule has 1 saturated heterocycles. The zero-order chi connectivity index (χ0) is 25.0. The maximum Gasteiger partial charge on any atom is 0.408 e. The van der Waals surface area contributed by atoms with Gasteiger partial charge >= 0.3 is 18.2 Å². The average Bonchev–Trinajstić information content (AvgIpc) is 3.32. The van der Waals surface area contributed by atoms with Crippen molar-refractivity contribution in [1.82, 2.24) is 10.2 Å². The summed E-state index contributed by atoms with van der Waals surface area (Å²) >= 11 is 0. The molecule has 2 aliphatic carbocycles. The van der Waals surface area contributed by atoms with E-state index in [4.69, 9.17) is 4.74 Å². The molecule has 5 rings (SSSR count). The lowest BCUT2D eigenvalue weighted by Crippen LogP contribution is -2.50. The molecule has 10 heteroatoms. The van der Waals surface area contributed by atoms with E-state index in [-0.39, 0.29) is 25.4 Å². The van der Waals surface area contributed by atoms with Crippen LogP contribution in [0.2, 0.25) is 0 Å². The van der Waals surface area contributed by atoms with Gasteiger partial charge in [-0.15, -0.1) is 0 Å². The zero-order valence-corrected chi connectivity index (χ0v) is 18.5. The van der Waals surface area contributed by atoms with E-state index in [1.807, 2.05) is 48.5 Å². The number of carbonyl (C=O) groups is 3. The lowest BCUT2D eigenvalue weighted by molar-refractivity contribution is -0.188. The molecule has 2 aromatic carbocycles. The fourth-order valence-corrected chi connectivity index (χ4v) is 5.20. The number of nitrogens with one attached hydrogen (secondary N) is 1. The Labute approximate surface area is 198 Å². The van der Waals surface area contributed by atoms with E-state index >= 15 is 0 Å². The quantitative estimate of drug-likeness (QED) is 0.668. The molecule has 184 valence electrons. The van der Waals surface area contributed by atoms with Gasteiger partial charge in [0.1, 0.15) is 12.1 Å². The third-order valence-corrected chi connectivity index (χ3v) is 7.19. The topological polar surface area (TPSA) is 95.9 Å². The summed E-state index contributed by atoms with van der Waals surface area (Å²) in [7, 11) is 0. The predicted octanol–water partition coefficient (Wildman–Crippen LogP) is 3.78. The smallest absolute Gasteiger partial charge is 0.408 e. The van der Waals surface area contributed by atoms with Crippen LogP contribution in [-0.4, -0.2) is 59.4 Å². The van der Waals surface area contributed by atoms with Crippen molar-refractivity contribution in [2.24, 2.45) is 11.8 Å². The second-order valence-electron chi connectivity index (χ2n) is 9.34. The number of likely N-dealkylation sites (tertiary alicyclic amines) is 1. The Morgan fingerprint density at radius 1 is 1.00 bits per heavy atom. The molecule has 0 unspecified atom stereocenters. The van der Waals surface area contributed by atoms with Crippen LogP contribution in [0.5, 0.6) is 0 Å². The Bertz CT molecular complexity index is 1150. The minimum absolute atomic E-state index is 0.0328. The van der Waals surface area contributed by atoms with Crippen molar-refractivity contribution in [1.29, 1.82) is 0 Å². The Morgan fingerprint density at radius 3 is 2.06 bits per heavy atom. The van der Waals surface area contributed by atoms with Crippen LogP contribution in [0.25, 0.3) is 11.1 Å². The number of amides is 2. The molecule has 2 amide bonds. The van der Waals surface area contributed by atoms with Crippen molar-refractivity contribution in [3.8, 4) is 11.1 Å². The maximum atomic E-state index is 13.3. The van der Waals surface area contributed by atoms with Gasteiger partial charge in [-0.05, 0) is 35.1 Å². The van der Waals surface area contributed by atoms with Gasteiger partial charge in [0.2, 0.25) is 5.91 Å². The van der Waals surface area contributed by atoms with Crippen molar-refractivity contribution >= 4 is 18.0 Å². The van der Waals surface area contributed by atoms with Gasteiger partial charge in [-0.25, -0.2) is 4.79 Å². The first-order valence-corrected chi connectivity index (χ1v) is 11.3. The molecular weight excluding hydrogens is 465 g/mol. The number of ether oxygens (including phenoxy) is 1.